The predicted molar refractivity (Wildman–Crippen MR) is 116 cm³/mol. The molecule has 150 valence electrons. The van der Waals surface area contributed by atoms with Gasteiger partial charge in [0.1, 0.15) is 5.65 Å². The second-order valence-corrected chi connectivity index (χ2v) is 8.43. The molecule has 1 N–H and O–H groups in total. The molecular formula is C20H21N5O2S2. The lowest BCUT2D eigenvalue weighted by Crippen LogP contribution is -2.04. The zero-order valence-electron chi connectivity index (χ0n) is 16.2. The lowest BCUT2D eigenvalue weighted by molar-refractivity contribution is 0.354. The molecule has 3 aromatic heterocycles. The molecule has 0 saturated carbocycles. The molecule has 0 atom stereocenters. The van der Waals surface area contributed by atoms with Gasteiger partial charge in [-0.05, 0) is 36.2 Å². The van der Waals surface area contributed by atoms with Gasteiger partial charge in [0.15, 0.2) is 15.8 Å². The molecule has 29 heavy (non-hydrogen) atoms. The maximum atomic E-state index is 5.35. The van der Waals surface area contributed by atoms with Gasteiger partial charge in [-0.3, -0.25) is 0 Å². The summed E-state index contributed by atoms with van der Waals surface area (Å²) in [6, 6.07) is 11.9. The van der Waals surface area contributed by atoms with Crippen molar-refractivity contribution in [3.63, 3.8) is 0 Å². The van der Waals surface area contributed by atoms with Crippen LogP contribution in [0.25, 0.3) is 5.65 Å². The summed E-state index contributed by atoms with van der Waals surface area (Å²) in [6.07, 6.45) is 4.90. The van der Waals surface area contributed by atoms with Gasteiger partial charge in [-0.25, -0.2) is 4.98 Å². The van der Waals surface area contributed by atoms with Crippen LogP contribution in [0.4, 0.5) is 5.13 Å². The number of hydrogen-bond acceptors (Lipinski definition) is 8. The van der Waals surface area contributed by atoms with Crippen molar-refractivity contribution in [1.29, 1.82) is 0 Å². The summed E-state index contributed by atoms with van der Waals surface area (Å²) in [5.74, 6) is 2.24. The molecule has 0 aliphatic heterocycles. The minimum atomic E-state index is 0.737. The van der Waals surface area contributed by atoms with E-state index in [2.05, 4.69) is 20.5 Å². The van der Waals surface area contributed by atoms with Gasteiger partial charge in [0.2, 0.25) is 5.13 Å². The quantitative estimate of drug-likeness (QED) is 0.402. The lowest BCUT2D eigenvalue weighted by atomic mass is 10.1. The SMILES string of the molecule is COc1ccc(CCNc2nnc(SCc3cn4ccccc4n3)s2)cc1OC. The van der Waals surface area contributed by atoms with Crippen LogP contribution in [0.1, 0.15) is 11.3 Å². The normalized spacial score (nSPS) is 11.0. The van der Waals surface area contributed by atoms with Gasteiger partial charge >= 0.3 is 0 Å². The van der Waals surface area contributed by atoms with Gasteiger partial charge in [0.25, 0.3) is 0 Å². The summed E-state index contributed by atoms with van der Waals surface area (Å²) in [7, 11) is 3.28. The highest BCUT2D eigenvalue weighted by molar-refractivity contribution is 8.00. The number of thioether (sulfide) groups is 1. The van der Waals surface area contributed by atoms with E-state index in [0.717, 1.165) is 51.0 Å². The van der Waals surface area contributed by atoms with Crippen LogP contribution in [-0.4, -0.2) is 40.3 Å². The average Bonchev–Trinajstić information content (AvgIpc) is 3.38. The highest BCUT2D eigenvalue weighted by atomic mass is 32.2. The number of imidazole rings is 1. The van der Waals surface area contributed by atoms with E-state index in [1.54, 1.807) is 37.3 Å². The molecule has 0 aliphatic carbocycles. The minimum absolute atomic E-state index is 0.737. The van der Waals surface area contributed by atoms with Crippen LogP contribution in [0, 0.1) is 0 Å². The van der Waals surface area contributed by atoms with Crippen LogP contribution in [0.15, 0.2) is 53.1 Å². The average molecular weight is 428 g/mol. The highest BCUT2D eigenvalue weighted by Crippen LogP contribution is 2.29. The van der Waals surface area contributed by atoms with E-state index < -0.39 is 0 Å². The van der Waals surface area contributed by atoms with E-state index >= 15 is 0 Å². The largest absolute Gasteiger partial charge is 0.493 e. The standard InChI is InChI=1S/C20H21N5O2S2/c1-26-16-7-6-14(11-17(16)27-2)8-9-21-19-23-24-20(29-19)28-13-15-12-25-10-4-3-5-18(25)22-15/h3-7,10-12H,8-9,13H2,1-2H3,(H,21,23). The lowest BCUT2D eigenvalue weighted by Gasteiger charge is -2.09. The third kappa shape index (κ3) is 4.80. The fraction of sp³-hybridized carbons (Fsp3) is 0.250. The number of hydrogen-bond donors (Lipinski definition) is 1. The molecule has 0 spiro atoms. The Labute approximate surface area is 177 Å². The van der Waals surface area contributed by atoms with Crippen molar-refractivity contribution < 1.29 is 9.47 Å². The summed E-state index contributed by atoms with van der Waals surface area (Å²) in [4.78, 5) is 4.61. The van der Waals surface area contributed by atoms with Crippen molar-refractivity contribution >= 4 is 33.9 Å². The summed E-state index contributed by atoms with van der Waals surface area (Å²) >= 11 is 3.21. The maximum Gasteiger partial charge on any atom is 0.206 e. The Bertz CT molecular complexity index is 1060. The number of fused-ring (bicyclic) bond motifs is 1. The summed E-state index contributed by atoms with van der Waals surface area (Å²) in [5, 5.41) is 12.6. The zero-order chi connectivity index (χ0) is 20.1. The Morgan fingerprint density at radius 1 is 1.10 bits per heavy atom. The highest BCUT2D eigenvalue weighted by Gasteiger charge is 2.08. The zero-order valence-corrected chi connectivity index (χ0v) is 17.8. The molecule has 0 unspecified atom stereocenters. The molecule has 4 aromatic rings. The molecule has 3 heterocycles. The van der Waals surface area contributed by atoms with Gasteiger partial charge in [0, 0.05) is 24.7 Å². The first kappa shape index (κ1) is 19.5. The number of nitrogens with one attached hydrogen (secondary N) is 1. The summed E-state index contributed by atoms with van der Waals surface area (Å²) in [6.45, 7) is 0.765. The molecule has 9 heteroatoms. The molecule has 0 fully saturated rings. The van der Waals surface area contributed by atoms with Crippen molar-refractivity contribution in [1.82, 2.24) is 19.6 Å². The van der Waals surface area contributed by atoms with Gasteiger partial charge in [-0.1, -0.05) is 35.2 Å². The van der Waals surface area contributed by atoms with Crippen LogP contribution < -0.4 is 14.8 Å². The smallest absolute Gasteiger partial charge is 0.206 e. The first-order valence-corrected chi connectivity index (χ1v) is 10.9. The molecule has 1 aromatic carbocycles. The second kappa shape index (κ2) is 9.15. The molecule has 7 nitrogen and oxygen atoms in total. The number of benzene rings is 1. The fourth-order valence-corrected chi connectivity index (χ4v) is 4.54. The number of aromatic nitrogens is 4. The molecule has 0 bridgehead atoms. The van der Waals surface area contributed by atoms with E-state index in [1.165, 1.54) is 5.56 Å². The first-order chi connectivity index (χ1) is 14.2. The first-order valence-electron chi connectivity index (χ1n) is 9.09. The molecule has 4 rings (SSSR count). The van der Waals surface area contributed by atoms with Crippen LogP contribution in [0.5, 0.6) is 11.5 Å². The molecule has 0 radical (unpaired) electrons. The topological polar surface area (TPSA) is 73.6 Å². The van der Waals surface area contributed by atoms with Gasteiger partial charge < -0.3 is 19.2 Å². The predicted octanol–water partition coefficient (Wildman–Crippen LogP) is 4.15. The summed E-state index contributed by atoms with van der Waals surface area (Å²) < 4.78 is 13.6. The van der Waals surface area contributed by atoms with Crippen molar-refractivity contribution in [3.05, 3.63) is 60.0 Å². The molecule has 0 aliphatic rings. The Morgan fingerprint density at radius 3 is 2.83 bits per heavy atom. The Hall–Kier alpha value is -2.78. The van der Waals surface area contributed by atoms with E-state index in [9.17, 15) is 0 Å². The number of anilines is 1. The monoisotopic (exact) mass is 427 g/mol. The van der Waals surface area contributed by atoms with Crippen molar-refractivity contribution in [2.75, 3.05) is 26.1 Å². The maximum absolute atomic E-state index is 5.35. The Morgan fingerprint density at radius 2 is 2.00 bits per heavy atom. The molecule has 0 amide bonds. The number of methoxy groups -OCH3 is 2. The van der Waals surface area contributed by atoms with E-state index in [-0.39, 0.29) is 0 Å². The van der Waals surface area contributed by atoms with Gasteiger partial charge in [-0.2, -0.15) is 0 Å². The third-order valence-corrected chi connectivity index (χ3v) is 6.35. The Kier molecular flexibility index (Phi) is 6.16. The third-order valence-electron chi connectivity index (χ3n) is 4.30. The van der Waals surface area contributed by atoms with E-state index in [1.807, 2.05) is 53.2 Å². The van der Waals surface area contributed by atoms with E-state index in [0.29, 0.717) is 0 Å². The number of rotatable bonds is 9. The number of ether oxygens (including phenoxy) is 2. The van der Waals surface area contributed by atoms with Crippen LogP contribution in [-0.2, 0) is 12.2 Å². The van der Waals surface area contributed by atoms with Crippen LogP contribution >= 0.6 is 23.1 Å². The molecule has 0 saturated heterocycles. The minimum Gasteiger partial charge on any atom is -0.493 e. The summed E-state index contributed by atoms with van der Waals surface area (Å²) in [5.41, 5.74) is 3.15. The van der Waals surface area contributed by atoms with Crippen molar-refractivity contribution in [3.8, 4) is 11.5 Å². The van der Waals surface area contributed by atoms with Crippen LogP contribution in [0.3, 0.4) is 0 Å². The van der Waals surface area contributed by atoms with Gasteiger partial charge in [0.05, 0.1) is 19.9 Å². The molecular weight excluding hydrogens is 406 g/mol. The Balaban J connectivity index is 1.28. The second-order valence-electron chi connectivity index (χ2n) is 6.23. The van der Waals surface area contributed by atoms with Gasteiger partial charge in [-0.15, -0.1) is 10.2 Å². The van der Waals surface area contributed by atoms with Crippen molar-refractivity contribution in [2.24, 2.45) is 0 Å². The fourth-order valence-electron chi connectivity index (χ4n) is 2.88. The number of nitrogens with zero attached hydrogens (tertiary/aromatic N) is 4. The van der Waals surface area contributed by atoms with Crippen LogP contribution in [0.2, 0.25) is 0 Å². The number of pyridine rings is 1. The van der Waals surface area contributed by atoms with E-state index in [4.69, 9.17) is 9.47 Å². The van der Waals surface area contributed by atoms with Crippen molar-refractivity contribution in [2.45, 2.75) is 16.5 Å².